The van der Waals surface area contributed by atoms with Gasteiger partial charge < -0.3 is 10.6 Å². The van der Waals surface area contributed by atoms with Crippen LogP contribution in [0.25, 0.3) is 0 Å². The fraction of sp³-hybridized carbons (Fsp3) is 0.389. The molecule has 1 aliphatic heterocycles. The van der Waals surface area contributed by atoms with Crippen LogP contribution in [0.2, 0.25) is 0 Å². The Labute approximate surface area is 142 Å². The van der Waals surface area contributed by atoms with E-state index in [1.807, 2.05) is 30.6 Å². The van der Waals surface area contributed by atoms with Gasteiger partial charge in [-0.25, -0.2) is 9.97 Å². The van der Waals surface area contributed by atoms with Gasteiger partial charge >= 0.3 is 0 Å². The fourth-order valence-corrected chi connectivity index (χ4v) is 2.72. The molecule has 3 rings (SSSR count). The van der Waals surface area contributed by atoms with Crippen LogP contribution in [0.4, 0.5) is 5.95 Å². The minimum Gasteiger partial charge on any atom is -0.355 e. The summed E-state index contributed by atoms with van der Waals surface area (Å²) in [7, 11) is 0. The molecular weight excluding hydrogens is 302 g/mol. The van der Waals surface area contributed by atoms with Gasteiger partial charge in [0.1, 0.15) is 0 Å². The van der Waals surface area contributed by atoms with E-state index in [2.05, 4.69) is 44.6 Å². The summed E-state index contributed by atoms with van der Waals surface area (Å²) in [6, 6.07) is 10.5. The highest BCUT2D eigenvalue weighted by atomic mass is 16.1. The monoisotopic (exact) mass is 325 g/mol. The van der Waals surface area contributed by atoms with E-state index in [9.17, 15) is 4.79 Å². The van der Waals surface area contributed by atoms with Gasteiger partial charge in [-0.15, -0.1) is 0 Å². The SMILES string of the molecule is CC1CNC(=O)CCN1Cc1cnc(NCc2ccccc2)nc1. The summed E-state index contributed by atoms with van der Waals surface area (Å²) in [5, 5.41) is 6.16. The molecule has 0 spiro atoms. The quantitative estimate of drug-likeness (QED) is 0.877. The zero-order chi connectivity index (χ0) is 16.8. The molecule has 126 valence electrons. The number of hydrogen-bond acceptors (Lipinski definition) is 5. The molecule has 24 heavy (non-hydrogen) atoms. The van der Waals surface area contributed by atoms with Crippen molar-refractivity contribution in [1.82, 2.24) is 20.2 Å². The second-order valence-corrected chi connectivity index (χ2v) is 6.13. The summed E-state index contributed by atoms with van der Waals surface area (Å²) in [4.78, 5) is 22.6. The standard InChI is InChI=1S/C18H23N5O/c1-14-9-19-17(24)7-8-23(14)13-16-11-21-18(22-12-16)20-10-15-5-3-2-4-6-15/h2-6,11-12,14H,7-10,13H2,1H3,(H,19,24)(H,20,21,22). The molecule has 1 amide bonds. The number of nitrogens with zero attached hydrogens (tertiary/aromatic N) is 3. The highest BCUT2D eigenvalue weighted by Crippen LogP contribution is 2.11. The lowest BCUT2D eigenvalue weighted by molar-refractivity contribution is -0.120. The summed E-state index contributed by atoms with van der Waals surface area (Å²) in [5.41, 5.74) is 2.25. The number of rotatable bonds is 5. The Morgan fingerprint density at radius 3 is 2.71 bits per heavy atom. The van der Waals surface area contributed by atoms with Crippen LogP contribution < -0.4 is 10.6 Å². The van der Waals surface area contributed by atoms with Crippen molar-refractivity contribution >= 4 is 11.9 Å². The van der Waals surface area contributed by atoms with Gasteiger partial charge in [-0.05, 0) is 12.5 Å². The van der Waals surface area contributed by atoms with Gasteiger partial charge in [0, 0.05) is 56.6 Å². The van der Waals surface area contributed by atoms with E-state index >= 15 is 0 Å². The zero-order valence-corrected chi connectivity index (χ0v) is 13.9. The second kappa shape index (κ2) is 7.88. The second-order valence-electron chi connectivity index (χ2n) is 6.13. The molecule has 0 saturated carbocycles. The van der Waals surface area contributed by atoms with Crippen LogP contribution in [0.1, 0.15) is 24.5 Å². The zero-order valence-electron chi connectivity index (χ0n) is 13.9. The number of hydrogen-bond donors (Lipinski definition) is 2. The Balaban J connectivity index is 1.55. The van der Waals surface area contributed by atoms with Gasteiger partial charge in [-0.1, -0.05) is 30.3 Å². The smallest absolute Gasteiger partial charge is 0.222 e. The van der Waals surface area contributed by atoms with Crippen LogP contribution in [0.15, 0.2) is 42.7 Å². The number of benzene rings is 1. The maximum absolute atomic E-state index is 11.5. The van der Waals surface area contributed by atoms with E-state index in [0.29, 0.717) is 31.5 Å². The van der Waals surface area contributed by atoms with Crippen molar-refractivity contribution < 1.29 is 4.79 Å². The van der Waals surface area contributed by atoms with E-state index in [0.717, 1.165) is 18.7 Å². The number of carbonyl (C=O) groups excluding carboxylic acids is 1. The van der Waals surface area contributed by atoms with E-state index < -0.39 is 0 Å². The van der Waals surface area contributed by atoms with Crippen molar-refractivity contribution in [3.8, 4) is 0 Å². The summed E-state index contributed by atoms with van der Waals surface area (Å²) in [6.07, 6.45) is 4.25. The summed E-state index contributed by atoms with van der Waals surface area (Å²) < 4.78 is 0. The van der Waals surface area contributed by atoms with Crippen molar-refractivity contribution in [3.63, 3.8) is 0 Å². The van der Waals surface area contributed by atoms with E-state index in [1.165, 1.54) is 5.56 Å². The summed E-state index contributed by atoms with van der Waals surface area (Å²) in [6.45, 7) is 5.05. The average Bonchev–Trinajstić information content (AvgIpc) is 2.78. The Morgan fingerprint density at radius 2 is 1.96 bits per heavy atom. The molecule has 1 unspecified atom stereocenters. The van der Waals surface area contributed by atoms with Crippen LogP contribution >= 0.6 is 0 Å². The van der Waals surface area contributed by atoms with E-state index in [4.69, 9.17) is 0 Å². The topological polar surface area (TPSA) is 70.2 Å². The minimum atomic E-state index is 0.126. The molecule has 1 atom stereocenters. The van der Waals surface area contributed by atoms with Crippen molar-refractivity contribution in [2.24, 2.45) is 0 Å². The molecule has 6 heteroatoms. The molecule has 0 radical (unpaired) electrons. The molecule has 2 aromatic rings. The lowest BCUT2D eigenvalue weighted by Gasteiger charge is -2.25. The van der Waals surface area contributed by atoms with Crippen molar-refractivity contribution in [3.05, 3.63) is 53.9 Å². The first-order chi connectivity index (χ1) is 11.7. The van der Waals surface area contributed by atoms with Crippen LogP contribution in [-0.2, 0) is 17.9 Å². The first kappa shape index (κ1) is 16.4. The van der Waals surface area contributed by atoms with Crippen LogP contribution in [-0.4, -0.2) is 39.9 Å². The van der Waals surface area contributed by atoms with Crippen LogP contribution in [0.5, 0.6) is 0 Å². The van der Waals surface area contributed by atoms with Crippen LogP contribution in [0.3, 0.4) is 0 Å². The van der Waals surface area contributed by atoms with Crippen molar-refractivity contribution in [2.75, 3.05) is 18.4 Å². The predicted octanol–water partition coefficient (Wildman–Crippen LogP) is 1.80. The molecule has 1 aromatic heterocycles. The van der Waals surface area contributed by atoms with E-state index in [-0.39, 0.29) is 5.91 Å². The highest BCUT2D eigenvalue weighted by Gasteiger charge is 2.20. The third kappa shape index (κ3) is 4.52. The highest BCUT2D eigenvalue weighted by molar-refractivity contribution is 5.76. The Hall–Kier alpha value is -2.47. The molecule has 1 saturated heterocycles. The minimum absolute atomic E-state index is 0.126. The summed E-state index contributed by atoms with van der Waals surface area (Å²) in [5.74, 6) is 0.754. The molecular formula is C18H23N5O. The molecule has 1 fully saturated rings. The van der Waals surface area contributed by atoms with Gasteiger partial charge in [0.15, 0.2) is 0 Å². The summed E-state index contributed by atoms with van der Waals surface area (Å²) >= 11 is 0. The molecule has 0 bridgehead atoms. The molecule has 1 aromatic carbocycles. The molecule has 2 heterocycles. The average molecular weight is 325 g/mol. The van der Waals surface area contributed by atoms with Crippen molar-refractivity contribution in [1.29, 1.82) is 0 Å². The number of nitrogens with one attached hydrogen (secondary N) is 2. The molecule has 0 aliphatic carbocycles. The first-order valence-corrected chi connectivity index (χ1v) is 8.30. The maximum atomic E-state index is 11.5. The lowest BCUT2D eigenvalue weighted by atomic mass is 10.2. The predicted molar refractivity (Wildman–Crippen MR) is 93.3 cm³/mol. The van der Waals surface area contributed by atoms with Gasteiger partial charge in [-0.2, -0.15) is 0 Å². The van der Waals surface area contributed by atoms with Gasteiger partial charge in [0.25, 0.3) is 0 Å². The van der Waals surface area contributed by atoms with Gasteiger partial charge in [0.2, 0.25) is 11.9 Å². The fourth-order valence-electron chi connectivity index (χ4n) is 2.72. The van der Waals surface area contributed by atoms with Gasteiger partial charge in [0.05, 0.1) is 0 Å². The van der Waals surface area contributed by atoms with E-state index in [1.54, 1.807) is 0 Å². The Bertz CT molecular complexity index is 659. The number of carbonyl (C=O) groups is 1. The Kier molecular flexibility index (Phi) is 5.38. The maximum Gasteiger partial charge on any atom is 0.222 e. The van der Waals surface area contributed by atoms with Crippen molar-refractivity contribution in [2.45, 2.75) is 32.5 Å². The third-order valence-electron chi connectivity index (χ3n) is 4.23. The normalized spacial score (nSPS) is 18.7. The van der Waals surface area contributed by atoms with Gasteiger partial charge in [-0.3, -0.25) is 9.69 Å². The Morgan fingerprint density at radius 1 is 1.21 bits per heavy atom. The molecule has 6 nitrogen and oxygen atoms in total. The first-order valence-electron chi connectivity index (χ1n) is 8.30. The number of aromatic nitrogens is 2. The largest absolute Gasteiger partial charge is 0.355 e. The van der Waals surface area contributed by atoms with Crippen LogP contribution in [0, 0.1) is 0 Å². The lowest BCUT2D eigenvalue weighted by Crippen LogP contribution is -2.37. The molecule has 2 N–H and O–H groups in total. The number of amides is 1. The number of anilines is 1. The third-order valence-corrected chi connectivity index (χ3v) is 4.23. The molecule has 1 aliphatic rings.